The maximum absolute atomic E-state index is 5.82. The molecule has 1 fully saturated rings. The smallest absolute Gasteiger partial charge is 0.0723 e. The lowest BCUT2D eigenvalue weighted by Gasteiger charge is -2.40. The Morgan fingerprint density at radius 3 is 2.88 bits per heavy atom. The molecule has 0 aromatic heterocycles. The monoisotopic (exact) mass is 234 g/mol. The van der Waals surface area contributed by atoms with E-state index in [1.165, 1.54) is 11.3 Å². The molecule has 2 atom stereocenters. The van der Waals surface area contributed by atoms with Crippen molar-refractivity contribution in [3.05, 3.63) is 29.8 Å². The first kappa shape index (κ1) is 12.4. The van der Waals surface area contributed by atoms with E-state index in [0.29, 0.717) is 18.7 Å². The molecule has 2 N–H and O–H groups in total. The van der Waals surface area contributed by atoms with Gasteiger partial charge in [0, 0.05) is 18.8 Å². The van der Waals surface area contributed by atoms with Gasteiger partial charge in [-0.05, 0) is 25.0 Å². The summed E-state index contributed by atoms with van der Waals surface area (Å²) in [4.78, 5) is 2.45. The van der Waals surface area contributed by atoms with E-state index in [4.69, 9.17) is 10.5 Å². The average Bonchev–Trinajstić information content (AvgIpc) is 2.38. The molecule has 1 aromatic rings. The summed E-state index contributed by atoms with van der Waals surface area (Å²) in [6, 6.07) is 8.89. The minimum Gasteiger partial charge on any atom is -0.375 e. The molecule has 1 aromatic carbocycles. The van der Waals surface area contributed by atoms with Gasteiger partial charge < -0.3 is 15.4 Å². The number of ether oxygens (including phenoxy) is 1. The van der Waals surface area contributed by atoms with Gasteiger partial charge in [0.1, 0.15) is 0 Å². The minimum absolute atomic E-state index is 0.295. The van der Waals surface area contributed by atoms with Crippen LogP contribution in [0.1, 0.15) is 25.8 Å². The summed E-state index contributed by atoms with van der Waals surface area (Å²) < 4.78 is 5.73. The van der Waals surface area contributed by atoms with E-state index in [2.05, 4.69) is 43.0 Å². The number of nitrogens with zero attached hydrogens (tertiary/aromatic N) is 1. The van der Waals surface area contributed by atoms with Crippen molar-refractivity contribution in [1.82, 2.24) is 0 Å². The fourth-order valence-corrected chi connectivity index (χ4v) is 2.44. The third kappa shape index (κ3) is 2.61. The molecule has 1 heterocycles. The highest BCUT2D eigenvalue weighted by molar-refractivity contribution is 5.54. The highest BCUT2D eigenvalue weighted by atomic mass is 16.5. The van der Waals surface area contributed by atoms with Crippen LogP contribution in [0.5, 0.6) is 0 Å². The van der Waals surface area contributed by atoms with E-state index in [1.54, 1.807) is 0 Å². The zero-order valence-electron chi connectivity index (χ0n) is 10.7. The van der Waals surface area contributed by atoms with Gasteiger partial charge in [0.05, 0.1) is 18.8 Å². The molecule has 0 saturated carbocycles. The second kappa shape index (κ2) is 5.52. The molecule has 3 nitrogen and oxygen atoms in total. The van der Waals surface area contributed by atoms with Gasteiger partial charge in [0.25, 0.3) is 0 Å². The van der Waals surface area contributed by atoms with E-state index in [0.717, 1.165) is 19.6 Å². The van der Waals surface area contributed by atoms with Crippen LogP contribution in [0.3, 0.4) is 0 Å². The number of morpholine rings is 1. The minimum atomic E-state index is 0.295. The largest absolute Gasteiger partial charge is 0.375 e. The maximum Gasteiger partial charge on any atom is 0.0723 e. The van der Waals surface area contributed by atoms with Crippen molar-refractivity contribution in [3.8, 4) is 0 Å². The van der Waals surface area contributed by atoms with E-state index in [-0.39, 0.29) is 0 Å². The second-order valence-electron chi connectivity index (χ2n) is 4.69. The molecule has 2 rings (SSSR count). The number of hydrogen-bond acceptors (Lipinski definition) is 3. The van der Waals surface area contributed by atoms with Gasteiger partial charge >= 0.3 is 0 Å². The lowest BCUT2D eigenvalue weighted by Crippen LogP contribution is -2.49. The molecule has 0 bridgehead atoms. The van der Waals surface area contributed by atoms with Crippen molar-refractivity contribution in [2.75, 3.05) is 18.1 Å². The number of anilines is 1. The predicted octanol–water partition coefficient (Wildman–Crippen LogP) is 2.15. The van der Waals surface area contributed by atoms with Crippen LogP contribution < -0.4 is 10.6 Å². The summed E-state index contributed by atoms with van der Waals surface area (Å²) in [5.41, 5.74) is 8.32. The summed E-state index contributed by atoms with van der Waals surface area (Å²) in [6.45, 7) is 6.70. The summed E-state index contributed by atoms with van der Waals surface area (Å²) in [5, 5.41) is 0. The normalized spacial score (nSPS) is 25.0. The van der Waals surface area contributed by atoms with Crippen LogP contribution in [-0.2, 0) is 11.3 Å². The predicted molar refractivity (Wildman–Crippen MR) is 71.2 cm³/mol. The van der Waals surface area contributed by atoms with Gasteiger partial charge in [0.15, 0.2) is 0 Å². The van der Waals surface area contributed by atoms with E-state index in [1.807, 2.05) is 0 Å². The molecule has 1 saturated heterocycles. The van der Waals surface area contributed by atoms with Crippen LogP contribution in [0.4, 0.5) is 5.69 Å². The van der Waals surface area contributed by atoms with E-state index < -0.39 is 0 Å². The topological polar surface area (TPSA) is 38.5 Å². The molecule has 94 valence electrons. The molecule has 1 aliphatic rings. The molecule has 0 radical (unpaired) electrons. The van der Waals surface area contributed by atoms with Crippen LogP contribution in [0.15, 0.2) is 24.3 Å². The summed E-state index contributed by atoms with van der Waals surface area (Å²) in [5.74, 6) is 0. The van der Waals surface area contributed by atoms with Gasteiger partial charge in [-0.25, -0.2) is 0 Å². The molecular formula is C14H22N2O. The molecular weight excluding hydrogens is 212 g/mol. The SMILES string of the molecule is CCC1COC(C)CN1c1ccccc1CN. The van der Waals surface area contributed by atoms with Crippen LogP contribution in [0.25, 0.3) is 0 Å². The molecule has 0 spiro atoms. The number of rotatable bonds is 3. The second-order valence-corrected chi connectivity index (χ2v) is 4.69. The maximum atomic E-state index is 5.82. The fourth-order valence-electron chi connectivity index (χ4n) is 2.44. The summed E-state index contributed by atoms with van der Waals surface area (Å²) >= 11 is 0. The first-order valence-electron chi connectivity index (χ1n) is 6.42. The Balaban J connectivity index is 2.28. The standard InChI is InChI=1S/C14H22N2O/c1-3-13-10-17-11(2)9-16(13)14-7-5-4-6-12(14)8-15/h4-7,11,13H,3,8-10,15H2,1-2H3. The number of nitrogens with two attached hydrogens (primary N) is 1. The highest BCUT2D eigenvalue weighted by Gasteiger charge is 2.26. The molecule has 1 aliphatic heterocycles. The van der Waals surface area contributed by atoms with Gasteiger partial charge in [0.2, 0.25) is 0 Å². The zero-order valence-corrected chi connectivity index (χ0v) is 10.7. The summed E-state index contributed by atoms with van der Waals surface area (Å²) in [7, 11) is 0. The van der Waals surface area contributed by atoms with Crippen molar-refractivity contribution >= 4 is 5.69 Å². The average molecular weight is 234 g/mol. The molecule has 2 unspecified atom stereocenters. The Morgan fingerprint density at radius 1 is 1.41 bits per heavy atom. The number of para-hydroxylation sites is 1. The van der Waals surface area contributed by atoms with Gasteiger partial charge in [-0.3, -0.25) is 0 Å². The van der Waals surface area contributed by atoms with Crippen molar-refractivity contribution in [1.29, 1.82) is 0 Å². The van der Waals surface area contributed by atoms with Gasteiger partial charge in [-0.15, -0.1) is 0 Å². The van der Waals surface area contributed by atoms with Crippen LogP contribution in [-0.4, -0.2) is 25.3 Å². The van der Waals surface area contributed by atoms with Crippen molar-refractivity contribution in [2.45, 2.75) is 39.0 Å². The van der Waals surface area contributed by atoms with Crippen LogP contribution in [0, 0.1) is 0 Å². The van der Waals surface area contributed by atoms with Crippen LogP contribution >= 0.6 is 0 Å². The molecule has 0 amide bonds. The summed E-state index contributed by atoms with van der Waals surface area (Å²) in [6.07, 6.45) is 1.40. The first-order chi connectivity index (χ1) is 8.26. The number of hydrogen-bond donors (Lipinski definition) is 1. The number of benzene rings is 1. The van der Waals surface area contributed by atoms with Gasteiger partial charge in [-0.1, -0.05) is 25.1 Å². The fraction of sp³-hybridized carbons (Fsp3) is 0.571. The van der Waals surface area contributed by atoms with Crippen molar-refractivity contribution in [2.24, 2.45) is 5.73 Å². The third-order valence-electron chi connectivity index (χ3n) is 3.46. The molecule has 17 heavy (non-hydrogen) atoms. The zero-order chi connectivity index (χ0) is 12.3. The quantitative estimate of drug-likeness (QED) is 0.871. The van der Waals surface area contributed by atoms with Crippen LogP contribution in [0.2, 0.25) is 0 Å². The first-order valence-corrected chi connectivity index (χ1v) is 6.42. The Kier molecular flexibility index (Phi) is 4.02. The Labute approximate surface area is 104 Å². The van der Waals surface area contributed by atoms with Crippen molar-refractivity contribution in [3.63, 3.8) is 0 Å². The Bertz CT molecular complexity index is 367. The lowest BCUT2D eigenvalue weighted by molar-refractivity contribution is 0.0299. The Hall–Kier alpha value is -1.06. The Morgan fingerprint density at radius 2 is 2.18 bits per heavy atom. The highest BCUT2D eigenvalue weighted by Crippen LogP contribution is 2.26. The van der Waals surface area contributed by atoms with Gasteiger partial charge in [-0.2, -0.15) is 0 Å². The van der Waals surface area contributed by atoms with Crippen molar-refractivity contribution < 1.29 is 4.74 Å². The van der Waals surface area contributed by atoms with E-state index >= 15 is 0 Å². The van der Waals surface area contributed by atoms with E-state index in [9.17, 15) is 0 Å². The molecule has 3 heteroatoms. The molecule has 0 aliphatic carbocycles. The lowest BCUT2D eigenvalue weighted by atomic mass is 10.1. The third-order valence-corrected chi connectivity index (χ3v) is 3.46.